The minimum atomic E-state index is 0.447. The zero-order valence-electron chi connectivity index (χ0n) is 12.0. The lowest BCUT2D eigenvalue weighted by molar-refractivity contribution is 0.737. The minimum absolute atomic E-state index is 0.447. The Kier molecular flexibility index (Phi) is 2.81. The van der Waals surface area contributed by atoms with E-state index in [9.17, 15) is 0 Å². The zero-order chi connectivity index (χ0) is 14.2. The molecule has 0 aliphatic heterocycles. The molecule has 1 aliphatic carbocycles. The van der Waals surface area contributed by atoms with Gasteiger partial charge in [0.2, 0.25) is 0 Å². The number of rotatable bonds is 1. The fourth-order valence-corrected chi connectivity index (χ4v) is 2.94. The summed E-state index contributed by atoms with van der Waals surface area (Å²) >= 11 is 0. The molecule has 1 aliphatic rings. The van der Waals surface area contributed by atoms with Gasteiger partial charge in [-0.3, -0.25) is 0 Å². The molecule has 0 N–H and O–H groups in total. The van der Waals surface area contributed by atoms with E-state index in [1.54, 1.807) is 0 Å². The van der Waals surface area contributed by atoms with E-state index in [2.05, 4.69) is 61.5 Å². The van der Waals surface area contributed by atoms with E-state index in [1.165, 1.54) is 5.56 Å². The first-order valence-electron chi connectivity index (χ1n) is 7.35. The lowest BCUT2D eigenvalue weighted by atomic mass is 9.95. The second-order valence-electron chi connectivity index (χ2n) is 5.57. The molecule has 102 valence electrons. The molecule has 0 saturated heterocycles. The molecule has 3 aromatic rings. The summed E-state index contributed by atoms with van der Waals surface area (Å²) in [7, 11) is 0. The first-order chi connectivity index (χ1) is 10.3. The molecule has 2 aromatic carbocycles. The van der Waals surface area contributed by atoms with Gasteiger partial charge in [-0.15, -0.1) is 0 Å². The quantitative estimate of drug-likeness (QED) is 0.635. The van der Waals surface area contributed by atoms with Crippen LogP contribution in [0.4, 0.5) is 0 Å². The fourth-order valence-electron chi connectivity index (χ4n) is 2.94. The largest absolute Gasteiger partial charge is 0.249 e. The molecule has 1 atom stereocenters. The number of nitrogens with zero attached hydrogens (tertiary/aromatic N) is 2. The van der Waals surface area contributed by atoms with E-state index in [0.29, 0.717) is 5.92 Å². The van der Waals surface area contributed by atoms with E-state index in [-0.39, 0.29) is 0 Å². The van der Waals surface area contributed by atoms with Crippen LogP contribution in [-0.2, 0) is 0 Å². The van der Waals surface area contributed by atoms with Crippen LogP contribution < -0.4 is 0 Å². The van der Waals surface area contributed by atoms with Gasteiger partial charge in [0, 0.05) is 11.5 Å². The molecule has 21 heavy (non-hydrogen) atoms. The number of fused-ring (bicyclic) bond motifs is 2. The van der Waals surface area contributed by atoms with Crippen molar-refractivity contribution in [3.05, 3.63) is 66.0 Å². The highest BCUT2D eigenvalue weighted by Crippen LogP contribution is 2.31. The van der Waals surface area contributed by atoms with Gasteiger partial charge in [0.25, 0.3) is 0 Å². The summed E-state index contributed by atoms with van der Waals surface area (Å²) in [5, 5.41) is 0. The molecule has 0 spiro atoms. The monoisotopic (exact) mass is 272 g/mol. The van der Waals surface area contributed by atoms with Gasteiger partial charge in [-0.05, 0) is 24.1 Å². The first kappa shape index (κ1) is 12.3. The maximum atomic E-state index is 4.89. The molecule has 1 heterocycles. The Bertz CT molecular complexity index is 835. The third-order valence-electron chi connectivity index (χ3n) is 4.07. The maximum Gasteiger partial charge on any atom is 0.0972 e. The molecule has 0 radical (unpaired) electrons. The van der Waals surface area contributed by atoms with Crippen molar-refractivity contribution in [1.82, 2.24) is 9.97 Å². The number of hydrogen-bond donors (Lipinski definition) is 0. The van der Waals surface area contributed by atoms with Crippen molar-refractivity contribution in [2.24, 2.45) is 0 Å². The highest BCUT2D eigenvalue weighted by molar-refractivity contribution is 5.92. The Labute approximate surface area is 124 Å². The molecular weight excluding hydrogens is 256 g/mol. The van der Waals surface area contributed by atoms with E-state index in [4.69, 9.17) is 9.97 Å². The Morgan fingerprint density at radius 3 is 2.67 bits per heavy atom. The molecule has 0 bridgehead atoms. The van der Waals surface area contributed by atoms with E-state index < -0.39 is 0 Å². The van der Waals surface area contributed by atoms with Crippen molar-refractivity contribution in [2.75, 3.05) is 0 Å². The van der Waals surface area contributed by atoms with Crippen molar-refractivity contribution in [2.45, 2.75) is 19.3 Å². The molecule has 1 aromatic heterocycles. The van der Waals surface area contributed by atoms with Crippen LogP contribution in [0.1, 0.15) is 30.7 Å². The average Bonchev–Trinajstić information content (AvgIpc) is 2.54. The Balaban J connectivity index is 2.01. The van der Waals surface area contributed by atoms with Crippen LogP contribution in [0.15, 0.2) is 54.6 Å². The third kappa shape index (κ3) is 2.04. The fraction of sp³-hybridized carbons (Fsp3) is 0.158. The minimum Gasteiger partial charge on any atom is -0.249 e. The number of allylic oxidation sites excluding steroid dienone is 1. The lowest BCUT2D eigenvalue weighted by Crippen LogP contribution is -2.06. The molecule has 4 rings (SSSR count). The summed E-state index contributed by atoms with van der Waals surface area (Å²) in [5.41, 5.74) is 6.44. The van der Waals surface area contributed by atoms with Gasteiger partial charge in [0.05, 0.1) is 22.4 Å². The van der Waals surface area contributed by atoms with E-state index >= 15 is 0 Å². The number of benzene rings is 2. The van der Waals surface area contributed by atoms with Crippen molar-refractivity contribution in [1.29, 1.82) is 0 Å². The Hall–Kier alpha value is -2.48. The predicted molar refractivity (Wildman–Crippen MR) is 87.0 cm³/mol. The van der Waals surface area contributed by atoms with Gasteiger partial charge in [-0.2, -0.15) is 0 Å². The lowest BCUT2D eigenvalue weighted by Gasteiger charge is -2.17. The Morgan fingerprint density at radius 2 is 1.81 bits per heavy atom. The van der Waals surface area contributed by atoms with Crippen LogP contribution in [0.5, 0.6) is 0 Å². The summed E-state index contributed by atoms with van der Waals surface area (Å²) in [5.74, 6) is 0.447. The van der Waals surface area contributed by atoms with Gasteiger partial charge in [0.1, 0.15) is 0 Å². The molecule has 2 nitrogen and oxygen atoms in total. The van der Waals surface area contributed by atoms with Gasteiger partial charge in [-0.25, -0.2) is 9.97 Å². The van der Waals surface area contributed by atoms with E-state index in [1.807, 2.05) is 6.07 Å². The predicted octanol–water partition coefficient (Wildman–Crippen LogP) is 4.82. The standard InChI is InChI=1S/C19H16N2/c1-13-7-5-11-16-18(13)20-17-12-6-10-15(19(17)21-16)14-8-3-2-4-9-14/h2-6,8-13H,7H2,1H3. The van der Waals surface area contributed by atoms with Crippen molar-refractivity contribution in [3.63, 3.8) is 0 Å². The number of hydrogen-bond acceptors (Lipinski definition) is 2. The summed E-state index contributed by atoms with van der Waals surface area (Å²) < 4.78 is 0. The van der Waals surface area contributed by atoms with Gasteiger partial charge < -0.3 is 0 Å². The first-order valence-corrected chi connectivity index (χ1v) is 7.35. The average molecular weight is 272 g/mol. The topological polar surface area (TPSA) is 25.8 Å². The van der Waals surface area contributed by atoms with Crippen molar-refractivity contribution >= 4 is 17.1 Å². The second-order valence-corrected chi connectivity index (χ2v) is 5.57. The van der Waals surface area contributed by atoms with Crippen LogP contribution in [0.25, 0.3) is 28.2 Å². The van der Waals surface area contributed by atoms with Crippen molar-refractivity contribution < 1.29 is 0 Å². The SMILES string of the molecule is CC1CC=Cc2nc3c(-c4ccccc4)cccc3nc21. The molecule has 0 saturated carbocycles. The molecule has 0 fully saturated rings. The number of para-hydroxylation sites is 1. The van der Waals surface area contributed by atoms with Gasteiger partial charge in [-0.1, -0.05) is 55.5 Å². The van der Waals surface area contributed by atoms with Gasteiger partial charge >= 0.3 is 0 Å². The van der Waals surface area contributed by atoms with E-state index in [0.717, 1.165) is 34.4 Å². The summed E-state index contributed by atoms with van der Waals surface area (Å²) in [6.07, 6.45) is 5.34. The Morgan fingerprint density at radius 1 is 0.952 bits per heavy atom. The maximum absolute atomic E-state index is 4.89. The van der Waals surface area contributed by atoms with Crippen LogP contribution in [0.2, 0.25) is 0 Å². The summed E-state index contributed by atoms with van der Waals surface area (Å²) in [6, 6.07) is 16.6. The molecular formula is C19H16N2. The molecule has 0 amide bonds. The van der Waals surface area contributed by atoms with Crippen molar-refractivity contribution in [3.8, 4) is 11.1 Å². The normalized spacial score (nSPS) is 16.9. The third-order valence-corrected chi connectivity index (χ3v) is 4.07. The molecule has 2 heteroatoms. The van der Waals surface area contributed by atoms with Crippen LogP contribution in [0, 0.1) is 0 Å². The zero-order valence-corrected chi connectivity index (χ0v) is 12.0. The van der Waals surface area contributed by atoms with Crippen LogP contribution >= 0.6 is 0 Å². The van der Waals surface area contributed by atoms with Crippen LogP contribution in [-0.4, -0.2) is 9.97 Å². The highest BCUT2D eigenvalue weighted by Gasteiger charge is 2.17. The highest BCUT2D eigenvalue weighted by atomic mass is 14.8. The van der Waals surface area contributed by atoms with Crippen LogP contribution in [0.3, 0.4) is 0 Å². The molecule has 1 unspecified atom stereocenters. The number of aromatic nitrogens is 2. The second kappa shape index (κ2) is 4.81. The van der Waals surface area contributed by atoms with Gasteiger partial charge in [0.15, 0.2) is 0 Å². The smallest absolute Gasteiger partial charge is 0.0972 e. The summed E-state index contributed by atoms with van der Waals surface area (Å²) in [6.45, 7) is 2.21. The summed E-state index contributed by atoms with van der Waals surface area (Å²) in [4.78, 5) is 9.76.